The summed E-state index contributed by atoms with van der Waals surface area (Å²) >= 11 is 0. The van der Waals surface area contributed by atoms with Crippen LogP contribution in [0, 0.1) is 12.3 Å². The van der Waals surface area contributed by atoms with Crippen LogP contribution in [0.3, 0.4) is 0 Å². The number of carbonyl (C=O) groups is 2. The highest BCUT2D eigenvalue weighted by Gasteiger charge is 2.09. The van der Waals surface area contributed by atoms with E-state index in [0.717, 1.165) is 0 Å². The van der Waals surface area contributed by atoms with Crippen LogP contribution in [0.25, 0.3) is 0 Å². The van der Waals surface area contributed by atoms with Crippen LogP contribution in [0.1, 0.15) is 19.8 Å². The fourth-order valence-electron chi connectivity index (χ4n) is 0.650. The number of esters is 1. The van der Waals surface area contributed by atoms with E-state index >= 15 is 0 Å². The minimum atomic E-state index is -0.644. The van der Waals surface area contributed by atoms with Crippen LogP contribution in [0.4, 0.5) is 0 Å². The van der Waals surface area contributed by atoms with E-state index in [2.05, 4.69) is 10.7 Å². The second kappa shape index (κ2) is 5.19. The average Bonchev–Trinajstić information content (AvgIpc) is 1.97. The molecule has 2 N–H and O–H groups in total. The van der Waals surface area contributed by atoms with Crippen LogP contribution < -0.4 is 5.73 Å². The second-order valence-electron chi connectivity index (χ2n) is 2.27. The Morgan fingerprint density at radius 1 is 1.67 bits per heavy atom. The quantitative estimate of drug-likeness (QED) is 0.468. The van der Waals surface area contributed by atoms with E-state index in [4.69, 9.17) is 12.2 Å². The van der Waals surface area contributed by atoms with Gasteiger partial charge < -0.3 is 10.5 Å². The maximum atomic E-state index is 10.4. The Balaban J connectivity index is 3.78. The summed E-state index contributed by atoms with van der Waals surface area (Å²) in [6.45, 7) is 1.26. The Morgan fingerprint density at radius 3 is 2.58 bits per heavy atom. The van der Waals surface area contributed by atoms with E-state index in [0.29, 0.717) is 0 Å². The fourth-order valence-corrected chi connectivity index (χ4v) is 0.650. The van der Waals surface area contributed by atoms with E-state index in [1.54, 1.807) is 0 Å². The first kappa shape index (κ1) is 10.5. The number of nitrogens with two attached hydrogens (primary N) is 1. The van der Waals surface area contributed by atoms with Gasteiger partial charge in [0.1, 0.15) is 0 Å². The largest absolute Gasteiger partial charge is 0.449 e. The molecule has 1 atom stereocenters. The van der Waals surface area contributed by atoms with E-state index < -0.39 is 18.0 Å². The van der Waals surface area contributed by atoms with Gasteiger partial charge >= 0.3 is 5.97 Å². The molecule has 0 aliphatic carbocycles. The third-order valence-corrected chi connectivity index (χ3v) is 1.15. The van der Waals surface area contributed by atoms with Gasteiger partial charge in [0.05, 0.1) is 0 Å². The fraction of sp³-hybridized carbons (Fsp3) is 0.500. The molecule has 0 aliphatic rings. The first-order chi connectivity index (χ1) is 5.56. The average molecular weight is 169 g/mol. The van der Waals surface area contributed by atoms with Crippen molar-refractivity contribution in [3.05, 3.63) is 0 Å². The molecule has 12 heavy (non-hydrogen) atoms. The first-order valence-corrected chi connectivity index (χ1v) is 3.48. The highest BCUT2D eigenvalue weighted by atomic mass is 16.5. The Hall–Kier alpha value is -1.50. The molecule has 0 aromatic rings. The van der Waals surface area contributed by atoms with Crippen LogP contribution in [-0.4, -0.2) is 18.0 Å². The van der Waals surface area contributed by atoms with Gasteiger partial charge in [0.15, 0.2) is 6.10 Å². The number of ether oxygens (including phenoxy) is 1. The summed E-state index contributed by atoms with van der Waals surface area (Å²) in [4.78, 5) is 20.7. The van der Waals surface area contributed by atoms with Crippen LogP contribution in [0.2, 0.25) is 0 Å². The molecule has 0 rings (SSSR count). The SMILES string of the molecule is C#CC(CCC(N)=O)OC(C)=O. The second-order valence-corrected chi connectivity index (χ2v) is 2.27. The van der Waals surface area contributed by atoms with Gasteiger partial charge in [-0.15, -0.1) is 6.42 Å². The Morgan fingerprint density at radius 2 is 2.25 bits per heavy atom. The summed E-state index contributed by atoms with van der Waals surface area (Å²) in [5.41, 5.74) is 4.88. The lowest BCUT2D eigenvalue weighted by Crippen LogP contribution is -2.18. The molecule has 4 heteroatoms. The Kier molecular flexibility index (Phi) is 4.54. The lowest BCUT2D eigenvalue weighted by atomic mass is 10.2. The maximum Gasteiger partial charge on any atom is 0.303 e. The molecule has 0 radical (unpaired) electrons. The molecule has 0 aromatic heterocycles. The molecule has 0 saturated carbocycles. The van der Waals surface area contributed by atoms with E-state index in [1.807, 2.05) is 0 Å². The monoisotopic (exact) mass is 169 g/mol. The summed E-state index contributed by atoms with van der Waals surface area (Å²) < 4.78 is 4.67. The van der Waals surface area contributed by atoms with Crippen molar-refractivity contribution in [3.8, 4) is 12.3 Å². The molecule has 0 bridgehead atoms. The van der Waals surface area contributed by atoms with E-state index in [9.17, 15) is 9.59 Å². The maximum absolute atomic E-state index is 10.4. The molecular weight excluding hydrogens is 158 g/mol. The number of hydrogen-bond donors (Lipinski definition) is 1. The predicted octanol–water partition coefficient (Wildman–Crippen LogP) is -0.183. The molecule has 0 aromatic carbocycles. The predicted molar refractivity (Wildman–Crippen MR) is 42.8 cm³/mol. The van der Waals surface area contributed by atoms with Crippen LogP contribution >= 0.6 is 0 Å². The third kappa shape index (κ3) is 5.30. The summed E-state index contributed by atoms with van der Waals surface area (Å²) in [5.74, 6) is 1.33. The van der Waals surface area contributed by atoms with Crippen molar-refractivity contribution in [3.63, 3.8) is 0 Å². The third-order valence-electron chi connectivity index (χ3n) is 1.15. The molecular formula is C8H11NO3. The number of primary amides is 1. The molecule has 1 amide bonds. The summed E-state index contributed by atoms with van der Waals surface area (Å²) in [6, 6.07) is 0. The van der Waals surface area contributed by atoms with Gasteiger partial charge in [0, 0.05) is 19.8 Å². The Labute approximate surface area is 71.1 Å². The Bertz CT molecular complexity index is 217. The molecule has 1 unspecified atom stereocenters. The van der Waals surface area contributed by atoms with Crippen molar-refractivity contribution in [2.24, 2.45) is 5.73 Å². The first-order valence-electron chi connectivity index (χ1n) is 3.48. The highest BCUT2D eigenvalue weighted by molar-refractivity contribution is 5.73. The minimum absolute atomic E-state index is 0.127. The topological polar surface area (TPSA) is 69.4 Å². The zero-order valence-electron chi connectivity index (χ0n) is 6.87. The summed E-state index contributed by atoms with van der Waals surface area (Å²) in [7, 11) is 0. The standard InChI is InChI=1S/C8H11NO3/c1-3-7(12-6(2)10)4-5-8(9)11/h1,7H,4-5H2,2H3,(H2,9,11). The van der Waals surface area contributed by atoms with Gasteiger partial charge in [-0.05, 0) is 0 Å². The molecule has 0 fully saturated rings. The van der Waals surface area contributed by atoms with Crippen molar-refractivity contribution in [1.29, 1.82) is 0 Å². The highest BCUT2D eigenvalue weighted by Crippen LogP contribution is 2.00. The van der Waals surface area contributed by atoms with Gasteiger partial charge in [-0.25, -0.2) is 0 Å². The van der Waals surface area contributed by atoms with E-state index in [-0.39, 0.29) is 12.8 Å². The normalized spacial score (nSPS) is 11.3. The smallest absolute Gasteiger partial charge is 0.303 e. The van der Waals surface area contributed by atoms with Gasteiger partial charge in [0.25, 0.3) is 0 Å². The van der Waals surface area contributed by atoms with Gasteiger partial charge in [-0.3, -0.25) is 9.59 Å². The van der Waals surface area contributed by atoms with Gasteiger partial charge in [0.2, 0.25) is 5.91 Å². The van der Waals surface area contributed by atoms with Crippen molar-refractivity contribution in [2.75, 3.05) is 0 Å². The molecule has 0 aliphatic heterocycles. The van der Waals surface area contributed by atoms with Crippen LogP contribution in [0.15, 0.2) is 0 Å². The van der Waals surface area contributed by atoms with Crippen LogP contribution in [-0.2, 0) is 14.3 Å². The van der Waals surface area contributed by atoms with Gasteiger partial charge in [-0.2, -0.15) is 0 Å². The van der Waals surface area contributed by atoms with Crippen molar-refractivity contribution < 1.29 is 14.3 Å². The summed E-state index contributed by atoms with van der Waals surface area (Å²) in [6.07, 6.45) is 4.79. The number of rotatable bonds is 4. The van der Waals surface area contributed by atoms with Crippen LogP contribution in [0.5, 0.6) is 0 Å². The van der Waals surface area contributed by atoms with Gasteiger partial charge in [-0.1, -0.05) is 5.92 Å². The zero-order chi connectivity index (χ0) is 9.56. The molecule has 4 nitrogen and oxygen atoms in total. The number of carbonyl (C=O) groups excluding carboxylic acids is 2. The number of amides is 1. The summed E-state index contributed by atoms with van der Waals surface area (Å²) in [5, 5.41) is 0. The number of hydrogen-bond acceptors (Lipinski definition) is 3. The minimum Gasteiger partial charge on any atom is -0.449 e. The lowest BCUT2D eigenvalue weighted by molar-refractivity contribution is -0.144. The molecule has 0 spiro atoms. The molecule has 0 saturated heterocycles. The number of terminal acetylenes is 1. The lowest BCUT2D eigenvalue weighted by Gasteiger charge is -2.08. The van der Waals surface area contributed by atoms with E-state index in [1.165, 1.54) is 6.92 Å². The zero-order valence-corrected chi connectivity index (χ0v) is 6.87. The van der Waals surface area contributed by atoms with Crippen molar-refractivity contribution in [1.82, 2.24) is 0 Å². The van der Waals surface area contributed by atoms with Crippen molar-refractivity contribution in [2.45, 2.75) is 25.9 Å². The molecule has 0 heterocycles. The van der Waals surface area contributed by atoms with Crippen molar-refractivity contribution >= 4 is 11.9 Å². The molecule has 66 valence electrons.